The van der Waals surface area contributed by atoms with E-state index in [2.05, 4.69) is 42.8 Å². The van der Waals surface area contributed by atoms with Crippen LogP contribution in [0.25, 0.3) is 11.4 Å². The van der Waals surface area contributed by atoms with Gasteiger partial charge in [-0.2, -0.15) is 10.2 Å². The molecular weight excluding hydrogens is 831 g/mol. The highest BCUT2D eigenvalue weighted by Gasteiger charge is 2.26. The minimum absolute atomic E-state index is 0.0735. The number of esters is 2. The highest BCUT2D eigenvalue weighted by atomic mass is 127. The van der Waals surface area contributed by atoms with E-state index in [1.54, 1.807) is 89.1 Å². The molecule has 4 aromatic heterocycles. The van der Waals surface area contributed by atoms with Gasteiger partial charge in [-0.15, -0.1) is 0 Å². The summed E-state index contributed by atoms with van der Waals surface area (Å²) in [6, 6.07) is 4.98. The molecule has 4 aromatic rings. The van der Waals surface area contributed by atoms with Crippen LogP contribution in [0, 0.1) is 3.57 Å². The summed E-state index contributed by atoms with van der Waals surface area (Å²) in [7, 11) is 0. The van der Waals surface area contributed by atoms with Crippen LogP contribution >= 0.6 is 68.7 Å². The molecule has 0 unspecified atom stereocenters. The van der Waals surface area contributed by atoms with Crippen molar-refractivity contribution in [2.45, 2.75) is 26.7 Å². The molecule has 5 heterocycles. The van der Waals surface area contributed by atoms with Gasteiger partial charge in [0.05, 0.1) is 80.7 Å². The summed E-state index contributed by atoms with van der Waals surface area (Å²) in [5.74, 6) is -1.12. The highest BCUT2D eigenvalue weighted by molar-refractivity contribution is 14.1. The van der Waals surface area contributed by atoms with Gasteiger partial charge in [0.2, 0.25) is 11.8 Å². The first-order valence-electron chi connectivity index (χ1n) is 12.4. The number of amides is 2. The highest BCUT2D eigenvalue weighted by Crippen LogP contribution is 2.19. The second kappa shape index (κ2) is 16.6. The Hall–Kier alpha value is -3.16. The molecule has 0 N–H and O–H groups in total. The predicted molar refractivity (Wildman–Crippen MR) is 172 cm³/mol. The lowest BCUT2D eigenvalue weighted by Gasteiger charge is -2.06. The summed E-state index contributed by atoms with van der Waals surface area (Å²) in [4.78, 5) is 52.2. The van der Waals surface area contributed by atoms with E-state index in [9.17, 15) is 19.2 Å². The van der Waals surface area contributed by atoms with Crippen LogP contribution in [0.15, 0.2) is 55.4 Å². The number of imide groups is 1. The third-order valence-electron chi connectivity index (χ3n) is 5.22. The molecule has 5 rings (SSSR count). The van der Waals surface area contributed by atoms with Crippen LogP contribution in [0.5, 0.6) is 0 Å². The van der Waals surface area contributed by atoms with E-state index in [0.717, 1.165) is 6.68 Å². The number of nitrogens with zero attached hydrogens (tertiary/aromatic N) is 7. The number of carbonyl (C=O) groups excluding carboxylic acids is 4. The third-order valence-corrected chi connectivity index (χ3v) is 7.45. The number of carbonyl (C=O) groups is 4. The average molecular weight is 854 g/mol. The molecular formula is C26H23Cl2I2N7O6. The largest absolute Gasteiger partial charge is 0.462 e. The lowest BCUT2D eigenvalue weighted by atomic mass is 10.2. The molecule has 0 atom stereocenters. The van der Waals surface area contributed by atoms with Gasteiger partial charge in [0.15, 0.2) is 0 Å². The Morgan fingerprint density at radius 1 is 0.860 bits per heavy atom. The second-order valence-electron chi connectivity index (χ2n) is 8.13. The summed E-state index contributed by atoms with van der Waals surface area (Å²) in [6.07, 6.45) is 10.8. The van der Waals surface area contributed by atoms with Crippen molar-refractivity contribution < 1.29 is 28.7 Å². The van der Waals surface area contributed by atoms with Crippen molar-refractivity contribution in [2.24, 2.45) is 0 Å². The van der Waals surface area contributed by atoms with E-state index in [1.165, 1.54) is 6.20 Å². The van der Waals surface area contributed by atoms with E-state index < -0.39 is 11.9 Å². The van der Waals surface area contributed by atoms with Crippen LogP contribution in [0.1, 0.15) is 47.4 Å². The van der Waals surface area contributed by atoms with Gasteiger partial charge in [-0.05, 0) is 54.6 Å². The average Bonchev–Trinajstić information content (AvgIpc) is 3.75. The minimum Gasteiger partial charge on any atom is -0.462 e. The molecule has 0 bridgehead atoms. The Labute approximate surface area is 283 Å². The van der Waals surface area contributed by atoms with Crippen LogP contribution in [-0.2, 0) is 19.1 Å². The number of ether oxygens (including phenoxy) is 2. The second-order valence-corrected chi connectivity index (χ2v) is 11.1. The molecule has 0 radical (unpaired) electrons. The SMILES string of the molecule is CCOC(=O)c1cc(-n2cc(I)cn2)cnc1Cl.CCOC(=O)c1cc(-n2cccn2)cnc1Cl.O=C1CCC(=O)N1I. The summed E-state index contributed by atoms with van der Waals surface area (Å²) in [5, 5.41) is 8.43. The predicted octanol–water partition coefficient (Wildman–Crippen LogP) is 5.28. The molecule has 17 heteroatoms. The molecule has 0 aromatic carbocycles. The standard InChI is InChI=1S/C11H9ClIN3O2.C11H10ClN3O2.C4H4INO2/c1-2-18-11(17)9-3-8(5-14-10(9)12)16-6-7(13)4-15-16;1-2-17-11(16)9-6-8(7-13-10(9)12)15-5-3-4-14-15;5-6-3(7)1-2-4(6)8/h3-6H,2H2,1H3;3-7H,2H2,1H3;1-2H2. The molecule has 0 spiro atoms. The Balaban J connectivity index is 0.000000189. The fraction of sp³-hybridized carbons (Fsp3) is 0.231. The first-order valence-corrected chi connectivity index (χ1v) is 15.2. The maximum absolute atomic E-state index is 11.7. The quantitative estimate of drug-likeness (QED) is 0.0824. The van der Waals surface area contributed by atoms with Crippen LogP contribution in [-0.4, -0.2) is 69.6 Å². The van der Waals surface area contributed by atoms with Crippen molar-refractivity contribution in [3.05, 3.63) is 80.4 Å². The zero-order valence-corrected chi connectivity index (χ0v) is 28.4. The number of pyridine rings is 2. The van der Waals surface area contributed by atoms with Crippen LogP contribution in [0.2, 0.25) is 10.3 Å². The van der Waals surface area contributed by atoms with Crippen molar-refractivity contribution in [1.29, 1.82) is 0 Å². The van der Waals surface area contributed by atoms with Gasteiger partial charge in [-0.3, -0.25) is 9.59 Å². The topological polar surface area (TPSA) is 151 Å². The van der Waals surface area contributed by atoms with E-state index in [1.807, 2.05) is 6.20 Å². The maximum atomic E-state index is 11.7. The van der Waals surface area contributed by atoms with Gasteiger partial charge in [-0.25, -0.2) is 32.0 Å². The molecule has 0 saturated carbocycles. The van der Waals surface area contributed by atoms with Gasteiger partial charge >= 0.3 is 11.9 Å². The lowest BCUT2D eigenvalue weighted by Crippen LogP contribution is -2.16. The van der Waals surface area contributed by atoms with E-state index in [4.69, 9.17) is 32.7 Å². The monoisotopic (exact) mass is 853 g/mol. The number of aromatic nitrogens is 6. The first-order chi connectivity index (χ1) is 20.5. The Kier molecular flexibility index (Phi) is 13.3. The lowest BCUT2D eigenvalue weighted by molar-refractivity contribution is -0.130. The first kappa shape index (κ1) is 34.3. The molecule has 0 aliphatic carbocycles. The number of hydrogen-bond acceptors (Lipinski definition) is 10. The Morgan fingerprint density at radius 3 is 1.74 bits per heavy atom. The fourth-order valence-electron chi connectivity index (χ4n) is 3.24. The van der Waals surface area contributed by atoms with Crippen molar-refractivity contribution in [1.82, 2.24) is 32.6 Å². The van der Waals surface area contributed by atoms with E-state index in [-0.39, 0.29) is 33.2 Å². The number of rotatable bonds is 6. The number of hydrogen-bond donors (Lipinski definition) is 0. The van der Waals surface area contributed by atoms with Crippen molar-refractivity contribution in [3.8, 4) is 11.4 Å². The number of halogens is 4. The molecule has 226 valence electrons. The zero-order chi connectivity index (χ0) is 31.5. The van der Waals surface area contributed by atoms with Crippen LogP contribution < -0.4 is 0 Å². The fourth-order valence-corrected chi connectivity index (χ4v) is 4.47. The molecule has 1 saturated heterocycles. The molecule has 1 aliphatic heterocycles. The summed E-state index contributed by atoms with van der Waals surface area (Å²) in [5.41, 5.74) is 1.79. The molecule has 2 amide bonds. The normalized spacial score (nSPS) is 12.2. The van der Waals surface area contributed by atoms with Crippen molar-refractivity contribution in [2.75, 3.05) is 13.2 Å². The maximum Gasteiger partial charge on any atom is 0.341 e. The van der Waals surface area contributed by atoms with Crippen molar-refractivity contribution in [3.63, 3.8) is 0 Å². The van der Waals surface area contributed by atoms with E-state index in [0.29, 0.717) is 37.4 Å². The Bertz CT molecular complexity index is 1580. The Morgan fingerprint density at radius 2 is 1.37 bits per heavy atom. The minimum atomic E-state index is -0.487. The summed E-state index contributed by atoms with van der Waals surface area (Å²) < 4.78 is 15.1. The summed E-state index contributed by atoms with van der Waals surface area (Å²) >= 11 is 15.6. The van der Waals surface area contributed by atoms with Crippen molar-refractivity contribution >= 4 is 92.4 Å². The molecule has 1 fully saturated rings. The molecule has 43 heavy (non-hydrogen) atoms. The van der Waals surface area contributed by atoms with Crippen LogP contribution in [0.3, 0.4) is 0 Å². The van der Waals surface area contributed by atoms with Gasteiger partial charge < -0.3 is 9.47 Å². The van der Waals surface area contributed by atoms with E-state index >= 15 is 0 Å². The smallest absolute Gasteiger partial charge is 0.341 e. The van der Waals surface area contributed by atoms with Gasteiger partial charge in [0, 0.05) is 31.4 Å². The summed E-state index contributed by atoms with van der Waals surface area (Å²) in [6.45, 7) is 4.05. The van der Waals surface area contributed by atoms with Gasteiger partial charge in [0.25, 0.3) is 0 Å². The zero-order valence-electron chi connectivity index (χ0n) is 22.6. The van der Waals surface area contributed by atoms with Crippen LogP contribution in [0.4, 0.5) is 0 Å². The third kappa shape index (κ3) is 9.67. The van der Waals surface area contributed by atoms with Gasteiger partial charge in [-0.1, -0.05) is 23.2 Å². The molecule has 1 aliphatic rings. The van der Waals surface area contributed by atoms with Gasteiger partial charge in [0.1, 0.15) is 10.3 Å². The molecule has 13 nitrogen and oxygen atoms in total.